The summed E-state index contributed by atoms with van der Waals surface area (Å²) in [4.78, 5) is 13.1. The van der Waals surface area contributed by atoms with Crippen LogP contribution in [0.15, 0.2) is 55.1 Å². The molecule has 0 unspecified atom stereocenters. The smallest absolute Gasteiger partial charge is 0.272 e. The molecular weight excluding hydrogens is 405 g/mol. The van der Waals surface area contributed by atoms with Crippen molar-refractivity contribution in [2.45, 2.75) is 31.7 Å². The number of hydrogen-bond donors (Lipinski definition) is 1. The number of aromatic nitrogens is 2. The molecular formula is C23H21Cl2N3O. The van der Waals surface area contributed by atoms with Gasteiger partial charge in [-0.1, -0.05) is 73.0 Å². The maximum atomic E-state index is 13.1. The Labute approximate surface area is 180 Å². The average Bonchev–Trinajstić information content (AvgIpc) is 3.36. The van der Waals surface area contributed by atoms with Gasteiger partial charge < -0.3 is 5.32 Å². The second kappa shape index (κ2) is 8.44. The van der Waals surface area contributed by atoms with E-state index >= 15 is 0 Å². The second-order valence-corrected chi connectivity index (χ2v) is 7.98. The number of nitrogens with zero attached hydrogens (tertiary/aromatic N) is 2. The highest BCUT2D eigenvalue weighted by Gasteiger charge is 2.26. The van der Waals surface area contributed by atoms with Crippen molar-refractivity contribution in [3.8, 4) is 16.9 Å². The SMILES string of the molecule is C=Cc1c(C(=O)NC2CCCC2)nn(-c2ccccc2Cl)c1-c1ccc(Cl)cc1. The third-order valence-corrected chi connectivity index (χ3v) is 5.80. The van der Waals surface area contributed by atoms with E-state index in [0.29, 0.717) is 27.0 Å². The van der Waals surface area contributed by atoms with E-state index in [2.05, 4.69) is 17.0 Å². The first-order chi connectivity index (χ1) is 14.1. The van der Waals surface area contributed by atoms with Gasteiger partial charge in [-0.25, -0.2) is 4.68 Å². The summed E-state index contributed by atoms with van der Waals surface area (Å²) in [6.45, 7) is 3.95. The Balaban J connectivity index is 1.87. The molecule has 2 aromatic carbocycles. The third kappa shape index (κ3) is 3.96. The lowest BCUT2D eigenvalue weighted by atomic mass is 10.0. The molecule has 1 aliphatic rings. The Morgan fingerprint density at radius 2 is 1.79 bits per heavy atom. The van der Waals surface area contributed by atoms with Gasteiger partial charge in [0.1, 0.15) is 0 Å². The van der Waals surface area contributed by atoms with Crippen molar-refractivity contribution in [3.05, 3.63) is 76.4 Å². The van der Waals surface area contributed by atoms with E-state index in [-0.39, 0.29) is 11.9 Å². The van der Waals surface area contributed by atoms with Gasteiger partial charge in [0.25, 0.3) is 5.91 Å². The minimum absolute atomic E-state index is 0.187. The molecule has 0 bridgehead atoms. The Kier molecular flexibility index (Phi) is 5.74. The molecule has 1 N–H and O–H groups in total. The molecule has 0 atom stereocenters. The molecule has 148 valence electrons. The largest absolute Gasteiger partial charge is 0.348 e. The van der Waals surface area contributed by atoms with Gasteiger partial charge in [-0.3, -0.25) is 4.79 Å². The number of amides is 1. The zero-order valence-corrected chi connectivity index (χ0v) is 17.4. The first-order valence-electron chi connectivity index (χ1n) is 9.65. The number of carbonyl (C=O) groups excluding carboxylic acids is 1. The molecule has 1 aromatic heterocycles. The molecule has 1 aliphatic carbocycles. The van der Waals surface area contributed by atoms with Crippen molar-refractivity contribution in [1.82, 2.24) is 15.1 Å². The van der Waals surface area contributed by atoms with E-state index in [9.17, 15) is 4.79 Å². The highest BCUT2D eigenvalue weighted by molar-refractivity contribution is 6.32. The number of halogens is 2. The quantitative estimate of drug-likeness (QED) is 0.531. The second-order valence-electron chi connectivity index (χ2n) is 7.14. The molecule has 0 aliphatic heterocycles. The summed E-state index contributed by atoms with van der Waals surface area (Å²) in [7, 11) is 0. The number of hydrogen-bond acceptors (Lipinski definition) is 2. The molecule has 1 saturated carbocycles. The van der Waals surface area contributed by atoms with Crippen molar-refractivity contribution in [2.75, 3.05) is 0 Å². The highest BCUT2D eigenvalue weighted by atomic mass is 35.5. The van der Waals surface area contributed by atoms with Crippen molar-refractivity contribution >= 4 is 35.2 Å². The third-order valence-electron chi connectivity index (χ3n) is 5.23. The van der Waals surface area contributed by atoms with Crippen LogP contribution in [0, 0.1) is 0 Å². The number of para-hydroxylation sites is 1. The molecule has 4 nitrogen and oxygen atoms in total. The summed E-state index contributed by atoms with van der Waals surface area (Å²) in [6, 6.07) is 15.1. The predicted molar refractivity (Wildman–Crippen MR) is 119 cm³/mol. The van der Waals surface area contributed by atoms with E-state index in [4.69, 9.17) is 23.2 Å². The lowest BCUT2D eigenvalue weighted by Crippen LogP contribution is -2.33. The number of benzene rings is 2. The summed E-state index contributed by atoms with van der Waals surface area (Å²) in [5.41, 5.74) is 3.33. The molecule has 29 heavy (non-hydrogen) atoms. The normalized spacial score (nSPS) is 14.1. The molecule has 0 spiro atoms. The van der Waals surface area contributed by atoms with E-state index in [1.165, 1.54) is 0 Å². The highest BCUT2D eigenvalue weighted by Crippen LogP contribution is 2.33. The van der Waals surface area contributed by atoms with Crippen molar-refractivity contribution in [2.24, 2.45) is 0 Å². The van der Waals surface area contributed by atoms with E-state index in [1.807, 2.05) is 42.5 Å². The first-order valence-corrected chi connectivity index (χ1v) is 10.4. The monoisotopic (exact) mass is 425 g/mol. The first kappa shape index (κ1) is 19.7. The summed E-state index contributed by atoms with van der Waals surface area (Å²) < 4.78 is 1.71. The molecule has 0 saturated heterocycles. The zero-order valence-electron chi connectivity index (χ0n) is 15.9. The molecule has 1 amide bonds. The minimum Gasteiger partial charge on any atom is -0.348 e. The molecule has 4 rings (SSSR count). The fraction of sp³-hybridized carbons (Fsp3) is 0.217. The maximum absolute atomic E-state index is 13.1. The van der Waals surface area contributed by atoms with Gasteiger partial charge in [-0.05, 0) is 37.1 Å². The van der Waals surface area contributed by atoms with Gasteiger partial charge in [-0.15, -0.1) is 0 Å². The van der Waals surface area contributed by atoms with Gasteiger partial charge in [0, 0.05) is 22.2 Å². The van der Waals surface area contributed by atoms with Crippen LogP contribution in [0.2, 0.25) is 10.0 Å². The van der Waals surface area contributed by atoms with E-state index in [1.54, 1.807) is 16.8 Å². The Bertz CT molecular complexity index is 1050. The van der Waals surface area contributed by atoms with Crippen LogP contribution in [0.4, 0.5) is 0 Å². The van der Waals surface area contributed by atoms with Gasteiger partial charge in [0.05, 0.1) is 16.4 Å². The topological polar surface area (TPSA) is 46.9 Å². The lowest BCUT2D eigenvalue weighted by molar-refractivity contribution is 0.0932. The van der Waals surface area contributed by atoms with Crippen LogP contribution in [0.5, 0.6) is 0 Å². The van der Waals surface area contributed by atoms with Crippen molar-refractivity contribution < 1.29 is 4.79 Å². The molecule has 1 heterocycles. The van der Waals surface area contributed by atoms with Crippen LogP contribution in [-0.2, 0) is 0 Å². The predicted octanol–water partition coefficient (Wildman–Crippen LogP) is 6.16. The Morgan fingerprint density at radius 3 is 2.45 bits per heavy atom. The Hall–Kier alpha value is -2.56. The fourth-order valence-corrected chi connectivity index (χ4v) is 4.14. The fourth-order valence-electron chi connectivity index (χ4n) is 3.80. The van der Waals surface area contributed by atoms with Crippen LogP contribution >= 0.6 is 23.2 Å². The lowest BCUT2D eigenvalue weighted by Gasteiger charge is -2.10. The van der Waals surface area contributed by atoms with Gasteiger partial charge in [0.2, 0.25) is 0 Å². The number of nitrogens with one attached hydrogen (secondary N) is 1. The molecule has 6 heteroatoms. The van der Waals surface area contributed by atoms with Crippen molar-refractivity contribution in [3.63, 3.8) is 0 Å². The van der Waals surface area contributed by atoms with Crippen LogP contribution in [0.25, 0.3) is 23.0 Å². The van der Waals surface area contributed by atoms with Crippen LogP contribution in [0.1, 0.15) is 41.7 Å². The Morgan fingerprint density at radius 1 is 1.10 bits per heavy atom. The molecule has 0 radical (unpaired) electrons. The van der Waals surface area contributed by atoms with Crippen molar-refractivity contribution in [1.29, 1.82) is 0 Å². The maximum Gasteiger partial charge on any atom is 0.272 e. The van der Waals surface area contributed by atoms with Gasteiger partial charge in [-0.2, -0.15) is 5.10 Å². The average molecular weight is 426 g/mol. The van der Waals surface area contributed by atoms with Crippen LogP contribution in [0.3, 0.4) is 0 Å². The summed E-state index contributed by atoms with van der Waals surface area (Å²) in [5.74, 6) is -0.187. The van der Waals surface area contributed by atoms with Gasteiger partial charge >= 0.3 is 0 Å². The minimum atomic E-state index is -0.187. The molecule has 1 fully saturated rings. The summed E-state index contributed by atoms with van der Waals surface area (Å²) in [6.07, 6.45) is 5.97. The van der Waals surface area contributed by atoms with Gasteiger partial charge in [0.15, 0.2) is 5.69 Å². The standard InChI is InChI=1S/C23H21Cl2N3O/c1-2-18-21(23(29)26-17-7-3-4-8-17)27-28(20-10-6-5-9-19(20)25)22(18)15-11-13-16(24)14-12-15/h2,5-6,9-14,17H,1,3-4,7-8H2,(H,26,29). The molecule has 3 aromatic rings. The number of rotatable bonds is 5. The van der Waals surface area contributed by atoms with Crippen LogP contribution in [-0.4, -0.2) is 21.7 Å². The van der Waals surface area contributed by atoms with Crippen LogP contribution < -0.4 is 5.32 Å². The van der Waals surface area contributed by atoms with E-state index in [0.717, 1.165) is 36.9 Å². The van der Waals surface area contributed by atoms with E-state index < -0.39 is 0 Å². The number of carbonyl (C=O) groups is 1. The summed E-state index contributed by atoms with van der Waals surface area (Å²) >= 11 is 12.5. The summed E-state index contributed by atoms with van der Waals surface area (Å²) in [5, 5.41) is 8.97. The zero-order chi connectivity index (χ0) is 20.4.